The van der Waals surface area contributed by atoms with Crippen molar-refractivity contribution in [2.24, 2.45) is 11.8 Å². The monoisotopic (exact) mass is 282 g/mol. The second-order valence-corrected chi connectivity index (χ2v) is 6.52. The Morgan fingerprint density at radius 1 is 1.30 bits per heavy atom. The molecule has 0 spiro atoms. The third kappa shape index (κ3) is 3.73. The van der Waals surface area contributed by atoms with Crippen LogP contribution in [-0.4, -0.2) is 49.2 Å². The zero-order valence-corrected chi connectivity index (χ0v) is 13.2. The van der Waals surface area contributed by atoms with E-state index >= 15 is 0 Å². The molecule has 1 aliphatic carbocycles. The van der Waals surface area contributed by atoms with E-state index in [0.29, 0.717) is 12.6 Å². The second-order valence-electron chi connectivity index (χ2n) is 6.52. The molecule has 0 aromatic heterocycles. The van der Waals surface area contributed by atoms with E-state index in [1.807, 2.05) is 6.92 Å². The van der Waals surface area contributed by atoms with Crippen molar-refractivity contribution in [1.82, 2.24) is 10.2 Å². The third-order valence-electron chi connectivity index (χ3n) is 5.00. The summed E-state index contributed by atoms with van der Waals surface area (Å²) in [5.41, 5.74) is 0. The van der Waals surface area contributed by atoms with E-state index in [1.54, 1.807) is 0 Å². The van der Waals surface area contributed by atoms with Gasteiger partial charge in [0.1, 0.15) is 6.04 Å². The number of nitrogens with zero attached hydrogens (tertiary/aromatic N) is 1. The van der Waals surface area contributed by atoms with Crippen LogP contribution in [0.25, 0.3) is 0 Å². The second kappa shape index (κ2) is 7.41. The van der Waals surface area contributed by atoms with Gasteiger partial charge in [0, 0.05) is 25.7 Å². The first-order chi connectivity index (χ1) is 9.63. The highest BCUT2D eigenvalue weighted by Gasteiger charge is 2.36. The molecular weight excluding hydrogens is 252 g/mol. The van der Waals surface area contributed by atoms with Gasteiger partial charge >= 0.3 is 5.97 Å². The molecule has 2 fully saturated rings. The first kappa shape index (κ1) is 15.8. The number of nitrogens with one attached hydrogen (secondary N) is 1. The SMILES string of the molecule is CCOC(=O)C1CNCCN1C1CCC(C(C)C)CC1. The molecule has 2 aliphatic rings. The Morgan fingerprint density at radius 3 is 2.60 bits per heavy atom. The number of piperazine rings is 1. The summed E-state index contributed by atoms with van der Waals surface area (Å²) < 4.78 is 5.24. The van der Waals surface area contributed by atoms with Gasteiger partial charge in [0.05, 0.1) is 6.61 Å². The predicted molar refractivity (Wildman–Crippen MR) is 80.6 cm³/mol. The molecule has 20 heavy (non-hydrogen) atoms. The third-order valence-corrected chi connectivity index (χ3v) is 5.00. The zero-order chi connectivity index (χ0) is 14.5. The van der Waals surface area contributed by atoms with Crippen LogP contribution in [0.3, 0.4) is 0 Å². The summed E-state index contributed by atoms with van der Waals surface area (Å²) in [6.07, 6.45) is 5.08. The van der Waals surface area contributed by atoms with Gasteiger partial charge in [-0.3, -0.25) is 9.69 Å². The molecule has 1 saturated carbocycles. The van der Waals surface area contributed by atoms with Crippen molar-refractivity contribution in [3.8, 4) is 0 Å². The van der Waals surface area contributed by atoms with Crippen LogP contribution in [0.1, 0.15) is 46.5 Å². The highest BCUT2D eigenvalue weighted by molar-refractivity contribution is 5.76. The molecule has 0 aromatic carbocycles. The van der Waals surface area contributed by atoms with Crippen LogP contribution in [0.15, 0.2) is 0 Å². The summed E-state index contributed by atoms with van der Waals surface area (Å²) in [6, 6.07) is 0.491. The van der Waals surface area contributed by atoms with Crippen molar-refractivity contribution in [1.29, 1.82) is 0 Å². The molecule has 1 unspecified atom stereocenters. The summed E-state index contributed by atoms with van der Waals surface area (Å²) in [5, 5.41) is 3.33. The summed E-state index contributed by atoms with van der Waals surface area (Å²) in [6.45, 7) is 9.72. The minimum atomic E-state index is -0.0794. The van der Waals surface area contributed by atoms with Crippen molar-refractivity contribution in [3.05, 3.63) is 0 Å². The van der Waals surface area contributed by atoms with Crippen LogP contribution in [0, 0.1) is 11.8 Å². The standard InChI is InChI=1S/C16H30N2O2/c1-4-20-16(19)15-11-17-9-10-18(15)14-7-5-13(6-8-14)12(2)3/h12-15,17H,4-11H2,1-3H3. The Bertz CT molecular complexity index is 312. The Balaban J connectivity index is 1.93. The summed E-state index contributed by atoms with van der Waals surface area (Å²) >= 11 is 0. The van der Waals surface area contributed by atoms with E-state index in [9.17, 15) is 4.79 Å². The molecule has 1 aliphatic heterocycles. The lowest BCUT2D eigenvalue weighted by molar-refractivity contribution is -0.151. The molecule has 2 rings (SSSR count). The Kier molecular flexibility index (Phi) is 5.85. The summed E-state index contributed by atoms with van der Waals surface area (Å²) in [4.78, 5) is 14.5. The molecule has 1 atom stereocenters. The van der Waals surface area contributed by atoms with Crippen molar-refractivity contribution >= 4 is 5.97 Å². The van der Waals surface area contributed by atoms with Gasteiger partial charge in [-0.2, -0.15) is 0 Å². The quantitative estimate of drug-likeness (QED) is 0.801. The lowest BCUT2D eigenvalue weighted by Crippen LogP contribution is -2.59. The minimum Gasteiger partial charge on any atom is -0.465 e. The van der Waals surface area contributed by atoms with Crippen LogP contribution in [0.5, 0.6) is 0 Å². The normalized spacial score (nSPS) is 32.3. The van der Waals surface area contributed by atoms with Gasteiger partial charge in [0.25, 0.3) is 0 Å². The topological polar surface area (TPSA) is 41.6 Å². The van der Waals surface area contributed by atoms with Crippen LogP contribution in [-0.2, 0) is 9.53 Å². The van der Waals surface area contributed by atoms with E-state index in [4.69, 9.17) is 4.74 Å². The van der Waals surface area contributed by atoms with Crippen LogP contribution >= 0.6 is 0 Å². The summed E-state index contributed by atoms with van der Waals surface area (Å²) in [7, 11) is 0. The molecule has 1 heterocycles. The van der Waals surface area contributed by atoms with Crippen molar-refractivity contribution in [2.45, 2.75) is 58.5 Å². The number of ether oxygens (including phenoxy) is 1. The maximum atomic E-state index is 12.1. The fourth-order valence-corrected chi connectivity index (χ4v) is 3.71. The zero-order valence-electron chi connectivity index (χ0n) is 13.2. The van der Waals surface area contributed by atoms with Gasteiger partial charge in [-0.15, -0.1) is 0 Å². The number of carbonyl (C=O) groups is 1. The molecule has 0 amide bonds. The fourth-order valence-electron chi connectivity index (χ4n) is 3.71. The first-order valence-electron chi connectivity index (χ1n) is 8.26. The van der Waals surface area contributed by atoms with Gasteiger partial charge in [-0.05, 0) is 44.4 Å². The largest absolute Gasteiger partial charge is 0.465 e. The van der Waals surface area contributed by atoms with E-state index in [0.717, 1.165) is 31.5 Å². The number of carbonyl (C=O) groups excluding carboxylic acids is 1. The lowest BCUT2D eigenvalue weighted by atomic mass is 9.79. The summed E-state index contributed by atoms with van der Waals surface area (Å²) in [5.74, 6) is 1.61. The maximum absolute atomic E-state index is 12.1. The number of hydrogen-bond donors (Lipinski definition) is 1. The van der Waals surface area contributed by atoms with E-state index < -0.39 is 0 Å². The molecular formula is C16H30N2O2. The molecule has 0 aromatic rings. The van der Waals surface area contributed by atoms with E-state index in [1.165, 1.54) is 25.7 Å². The number of hydrogen-bond acceptors (Lipinski definition) is 4. The predicted octanol–water partition coefficient (Wildman–Crippen LogP) is 2.04. The molecule has 116 valence electrons. The van der Waals surface area contributed by atoms with Crippen LogP contribution < -0.4 is 5.32 Å². The van der Waals surface area contributed by atoms with Crippen molar-refractivity contribution < 1.29 is 9.53 Å². The van der Waals surface area contributed by atoms with Gasteiger partial charge in [0.15, 0.2) is 0 Å². The molecule has 0 radical (unpaired) electrons. The molecule has 4 nitrogen and oxygen atoms in total. The molecule has 1 N–H and O–H groups in total. The lowest BCUT2D eigenvalue weighted by Gasteiger charge is -2.43. The van der Waals surface area contributed by atoms with Crippen molar-refractivity contribution in [3.63, 3.8) is 0 Å². The Morgan fingerprint density at radius 2 is 2.00 bits per heavy atom. The van der Waals surface area contributed by atoms with E-state index in [2.05, 4.69) is 24.1 Å². The number of esters is 1. The maximum Gasteiger partial charge on any atom is 0.324 e. The smallest absolute Gasteiger partial charge is 0.324 e. The van der Waals surface area contributed by atoms with E-state index in [-0.39, 0.29) is 12.0 Å². The van der Waals surface area contributed by atoms with Gasteiger partial charge in [0.2, 0.25) is 0 Å². The average molecular weight is 282 g/mol. The highest BCUT2D eigenvalue weighted by Crippen LogP contribution is 2.33. The van der Waals surface area contributed by atoms with Crippen molar-refractivity contribution in [2.75, 3.05) is 26.2 Å². The van der Waals surface area contributed by atoms with Gasteiger partial charge in [-0.1, -0.05) is 13.8 Å². The highest BCUT2D eigenvalue weighted by atomic mass is 16.5. The van der Waals surface area contributed by atoms with Crippen LogP contribution in [0.2, 0.25) is 0 Å². The van der Waals surface area contributed by atoms with Crippen LogP contribution in [0.4, 0.5) is 0 Å². The average Bonchev–Trinajstić information content (AvgIpc) is 2.47. The number of rotatable bonds is 4. The van der Waals surface area contributed by atoms with Gasteiger partial charge < -0.3 is 10.1 Å². The molecule has 0 bridgehead atoms. The first-order valence-corrected chi connectivity index (χ1v) is 8.26. The van der Waals surface area contributed by atoms with Gasteiger partial charge in [-0.25, -0.2) is 0 Å². The molecule has 1 saturated heterocycles. The minimum absolute atomic E-state index is 0.0503. The molecule has 4 heteroatoms. The Labute approximate surface area is 123 Å². The fraction of sp³-hybridized carbons (Fsp3) is 0.938. The Hall–Kier alpha value is -0.610.